The standard InChI is InChI=1S/C15H21ClN2O3/c1-20-12-3-4-14(21-2)13(11-12)15(19)18-9-7-17(6-5-16)8-10-18/h3-4,11H,5-10H2,1-2H3. The summed E-state index contributed by atoms with van der Waals surface area (Å²) in [6, 6.07) is 5.27. The Morgan fingerprint density at radius 3 is 2.48 bits per heavy atom. The van der Waals surface area contributed by atoms with Gasteiger partial charge in [0.05, 0.1) is 19.8 Å². The van der Waals surface area contributed by atoms with Crippen molar-refractivity contribution < 1.29 is 14.3 Å². The van der Waals surface area contributed by atoms with Crippen LogP contribution in [0.1, 0.15) is 10.4 Å². The van der Waals surface area contributed by atoms with E-state index >= 15 is 0 Å². The Kier molecular flexibility index (Phi) is 5.70. The van der Waals surface area contributed by atoms with Crippen LogP contribution in [0.15, 0.2) is 18.2 Å². The van der Waals surface area contributed by atoms with Crippen molar-refractivity contribution in [2.75, 3.05) is 52.8 Å². The van der Waals surface area contributed by atoms with E-state index in [0.717, 1.165) is 19.6 Å². The van der Waals surface area contributed by atoms with Gasteiger partial charge in [0, 0.05) is 38.6 Å². The molecule has 0 atom stereocenters. The zero-order valence-corrected chi connectivity index (χ0v) is 13.2. The number of carbonyl (C=O) groups excluding carboxylic acids is 1. The van der Waals surface area contributed by atoms with Gasteiger partial charge in [-0.3, -0.25) is 9.69 Å². The van der Waals surface area contributed by atoms with Gasteiger partial charge in [0.1, 0.15) is 11.5 Å². The Hall–Kier alpha value is -1.46. The van der Waals surface area contributed by atoms with Crippen LogP contribution < -0.4 is 9.47 Å². The SMILES string of the molecule is COc1ccc(OC)c(C(=O)N2CCN(CCCl)CC2)c1. The van der Waals surface area contributed by atoms with Gasteiger partial charge < -0.3 is 14.4 Å². The summed E-state index contributed by atoms with van der Waals surface area (Å²) < 4.78 is 10.5. The molecule has 2 rings (SSSR count). The molecule has 21 heavy (non-hydrogen) atoms. The molecule has 1 aliphatic rings. The summed E-state index contributed by atoms with van der Waals surface area (Å²) in [6.45, 7) is 3.98. The molecule has 0 radical (unpaired) electrons. The minimum absolute atomic E-state index is 0.0173. The molecule has 0 aliphatic carbocycles. The van der Waals surface area contributed by atoms with Crippen LogP contribution in [0, 0.1) is 0 Å². The minimum Gasteiger partial charge on any atom is -0.497 e. The van der Waals surface area contributed by atoms with E-state index in [0.29, 0.717) is 36.0 Å². The lowest BCUT2D eigenvalue weighted by atomic mass is 10.1. The van der Waals surface area contributed by atoms with Crippen LogP contribution in [0.2, 0.25) is 0 Å². The Balaban J connectivity index is 2.10. The predicted octanol–water partition coefficient (Wildman–Crippen LogP) is 1.70. The maximum absolute atomic E-state index is 12.7. The van der Waals surface area contributed by atoms with Crippen LogP contribution in [0.3, 0.4) is 0 Å². The highest BCUT2D eigenvalue weighted by Crippen LogP contribution is 2.25. The molecule has 1 aromatic carbocycles. The summed E-state index contributed by atoms with van der Waals surface area (Å²) >= 11 is 5.75. The second-order valence-electron chi connectivity index (χ2n) is 4.89. The number of rotatable bonds is 5. The second-order valence-corrected chi connectivity index (χ2v) is 5.27. The molecule has 0 aromatic heterocycles. The first-order valence-corrected chi connectivity index (χ1v) is 7.52. The first kappa shape index (κ1) is 15.9. The van der Waals surface area contributed by atoms with Crippen LogP contribution >= 0.6 is 11.6 Å². The lowest BCUT2D eigenvalue weighted by Crippen LogP contribution is -2.49. The number of piperazine rings is 1. The lowest BCUT2D eigenvalue weighted by molar-refractivity contribution is 0.0640. The third kappa shape index (κ3) is 3.80. The maximum Gasteiger partial charge on any atom is 0.257 e. The topological polar surface area (TPSA) is 42.0 Å². The fourth-order valence-electron chi connectivity index (χ4n) is 2.45. The van der Waals surface area contributed by atoms with Crippen molar-refractivity contribution in [2.24, 2.45) is 0 Å². The molecule has 1 amide bonds. The Bertz CT molecular complexity index is 488. The molecule has 0 N–H and O–H groups in total. The van der Waals surface area contributed by atoms with Crippen LogP contribution in [0.25, 0.3) is 0 Å². The summed E-state index contributed by atoms with van der Waals surface area (Å²) in [6.07, 6.45) is 0. The highest BCUT2D eigenvalue weighted by atomic mass is 35.5. The third-order valence-corrected chi connectivity index (χ3v) is 3.87. The summed E-state index contributed by atoms with van der Waals surface area (Å²) in [7, 11) is 3.15. The monoisotopic (exact) mass is 312 g/mol. The van der Waals surface area contributed by atoms with E-state index in [1.807, 2.05) is 4.90 Å². The highest BCUT2D eigenvalue weighted by molar-refractivity contribution is 6.18. The molecule has 1 fully saturated rings. The first-order chi connectivity index (χ1) is 10.2. The minimum atomic E-state index is -0.0173. The predicted molar refractivity (Wildman–Crippen MR) is 82.6 cm³/mol. The summed E-state index contributed by atoms with van der Waals surface area (Å²) in [5.41, 5.74) is 0.544. The average molecular weight is 313 g/mol. The number of ether oxygens (including phenoxy) is 2. The number of carbonyl (C=O) groups is 1. The summed E-state index contributed by atoms with van der Waals surface area (Å²) in [5.74, 6) is 1.83. The molecule has 1 aliphatic heterocycles. The number of alkyl halides is 1. The van der Waals surface area contributed by atoms with Gasteiger partial charge in [0.15, 0.2) is 0 Å². The number of methoxy groups -OCH3 is 2. The van der Waals surface area contributed by atoms with E-state index in [-0.39, 0.29) is 5.91 Å². The Morgan fingerprint density at radius 1 is 1.19 bits per heavy atom. The first-order valence-electron chi connectivity index (χ1n) is 6.99. The fourth-order valence-corrected chi connectivity index (χ4v) is 2.68. The van der Waals surface area contributed by atoms with Crippen LogP contribution in [-0.4, -0.2) is 68.5 Å². The molecule has 1 saturated heterocycles. The average Bonchev–Trinajstić information content (AvgIpc) is 2.54. The van der Waals surface area contributed by atoms with Gasteiger partial charge >= 0.3 is 0 Å². The normalized spacial score (nSPS) is 15.9. The molecule has 5 nitrogen and oxygen atoms in total. The van der Waals surface area contributed by atoms with Gasteiger partial charge in [-0.15, -0.1) is 11.6 Å². The van der Waals surface area contributed by atoms with Crippen LogP contribution in [0.4, 0.5) is 0 Å². The number of halogens is 1. The zero-order valence-electron chi connectivity index (χ0n) is 12.5. The molecular weight excluding hydrogens is 292 g/mol. The third-order valence-electron chi connectivity index (χ3n) is 3.70. The van der Waals surface area contributed by atoms with Gasteiger partial charge in [-0.2, -0.15) is 0 Å². The fraction of sp³-hybridized carbons (Fsp3) is 0.533. The molecule has 6 heteroatoms. The quantitative estimate of drug-likeness (QED) is 0.776. The van der Waals surface area contributed by atoms with Gasteiger partial charge in [-0.05, 0) is 18.2 Å². The molecular formula is C15H21ClN2O3. The van der Waals surface area contributed by atoms with E-state index in [1.165, 1.54) is 0 Å². The van der Waals surface area contributed by atoms with Gasteiger partial charge in [0.25, 0.3) is 5.91 Å². The Morgan fingerprint density at radius 2 is 1.90 bits per heavy atom. The van der Waals surface area contributed by atoms with Crippen molar-refractivity contribution in [2.45, 2.75) is 0 Å². The number of hydrogen-bond acceptors (Lipinski definition) is 4. The van der Waals surface area contributed by atoms with Crippen molar-refractivity contribution in [3.8, 4) is 11.5 Å². The molecule has 1 heterocycles. The van der Waals surface area contributed by atoms with E-state index < -0.39 is 0 Å². The van der Waals surface area contributed by atoms with E-state index in [2.05, 4.69) is 4.90 Å². The van der Waals surface area contributed by atoms with Gasteiger partial charge in [0.2, 0.25) is 0 Å². The van der Waals surface area contributed by atoms with Gasteiger partial charge in [-0.25, -0.2) is 0 Å². The van der Waals surface area contributed by atoms with Crippen molar-refractivity contribution in [1.82, 2.24) is 9.80 Å². The number of nitrogens with zero attached hydrogens (tertiary/aromatic N) is 2. The largest absolute Gasteiger partial charge is 0.497 e. The van der Waals surface area contributed by atoms with Crippen molar-refractivity contribution >= 4 is 17.5 Å². The van der Waals surface area contributed by atoms with Crippen molar-refractivity contribution in [3.05, 3.63) is 23.8 Å². The summed E-state index contributed by atoms with van der Waals surface area (Å²) in [5, 5.41) is 0. The molecule has 0 saturated carbocycles. The number of hydrogen-bond donors (Lipinski definition) is 0. The highest BCUT2D eigenvalue weighted by Gasteiger charge is 2.24. The second kappa shape index (κ2) is 7.52. The van der Waals surface area contributed by atoms with Crippen LogP contribution in [-0.2, 0) is 0 Å². The van der Waals surface area contributed by atoms with E-state index in [1.54, 1.807) is 32.4 Å². The molecule has 1 aromatic rings. The zero-order chi connectivity index (χ0) is 15.2. The Labute approximate surface area is 130 Å². The molecule has 0 spiro atoms. The van der Waals surface area contributed by atoms with Crippen molar-refractivity contribution in [1.29, 1.82) is 0 Å². The maximum atomic E-state index is 12.7. The van der Waals surface area contributed by atoms with Gasteiger partial charge in [-0.1, -0.05) is 0 Å². The van der Waals surface area contributed by atoms with E-state index in [4.69, 9.17) is 21.1 Å². The lowest BCUT2D eigenvalue weighted by Gasteiger charge is -2.34. The number of benzene rings is 1. The number of amides is 1. The van der Waals surface area contributed by atoms with Crippen molar-refractivity contribution in [3.63, 3.8) is 0 Å². The van der Waals surface area contributed by atoms with E-state index in [9.17, 15) is 4.79 Å². The molecule has 0 unspecified atom stereocenters. The van der Waals surface area contributed by atoms with Crippen LogP contribution in [0.5, 0.6) is 11.5 Å². The molecule has 0 bridgehead atoms. The molecule has 116 valence electrons. The smallest absolute Gasteiger partial charge is 0.257 e. The summed E-state index contributed by atoms with van der Waals surface area (Å²) in [4.78, 5) is 16.8.